The highest BCUT2D eigenvalue weighted by atomic mass is 19.4. The number of carbonyl (C=O) groups excluding carboxylic acids is 2. The number of alkyl halides is 5. The number of aromatic nitrogens is 2. The van der Waals surface area contributed by atoms with Gasteiger partial charge in [-0.2, -0.15) is 13.2 Å². The summed E-state index contributed by atoms with van der Waals surface area (Å²) in [6, 6.07) is 13.6. The van der Waals surface area contributed by atoms with Crippen LogP contribution in [0.4, 0.5) is 22.0 Å². The molecule has 14 heteroatoms. The molecule has 3 heterocycles. The lowest BCUT2D eigenvalue weighted by molar-refractivity contribution is -0.200. The topological polar surface area (TPSA) is 104 Å². The number of nitrogens with zero attached hydrogens (tertiary/aromatic N) is 3. The molecular formula is C24H16F5N3O6. The van der Waals surface area contributed by atoms with Crippen molar-refractivity contribution in [2.75, 3.05) is 13.1 Å². The fourth-order valence-corrected chi connectivity index (χ4v) is 4.02. The Hall–Kier alpha value is -4.49. The summed E-state index contributed by atoms with van der Waals surface area (Å²) in [6.45, 7) is -0.952. The van der Waals surface area contributed by atoms with Crippen molar-refractivity contribution in [3.63, 3.8) is 0 Å². The zero-order valence-electron chi connectivity index (χ0n) is 19.1. The smallest absolute Gasteiger partial charge is 0.466 e. The van der Waals surface area contributed by atoms with E-state index in [4.69, 9.17) is 9.15 Å². The maximum Gasteiger partial charge on any atom is 0.493 e. The van der Waals surface area contributed by atoms with Gasteiger partial charge in [0.05, 0.1) is 17.6 Å². The summed E-state index contributed by atoms with van der Waals surface area (Å²) in [6.07, 6.45) is -7.91. The van der Waals surface area contributed by atoms with E-state index in [9.17, 15) is 36.3 Å². The van der Waals surface area contributed by atoms with Crippen LogP contribution < -0.4 is 15.3 Å². The van der Waals surface area contributed by atoms with Gasteiger partial charge in [-0.15, -0.1) is 0 Å². The number of amides is 1. The predicted molar refractivity (Wildman–Crippen MR) is 120 cm³/mol. The van der Waals surface area contributed by atoms with E-state index < -0.39 is 59.9 Å². The van der Waals surface area contributed by atoms with E-state index in [2.05, 4.69) is 9.82 Å². The van der Waals surface area contributed by atoms with Crippen LogP contribution in [0.15, 0.2) is 63.8 Å². The molecule has 0 radical (unpaired) electrons. The average molecular weight is 537 g/mol. The van der Waals surface area contributed by atoms with E-state index in [0.717, 1.165) is 16.4 Å². The molecule has 38 heavy (non-hydrogen) atoms. The Bertz CT molecular complexity index is 1610. The summed E-state index contributed by atoms with van der Waals surface area (Å²) >= 11 is 0. The van der Waals surface area contributed by atoms with Gasteiger partial charge in [-0.05, 0) is 24.3 Å². The Kier molecular flexibility index (Phi) is 6.04. The second kappa shape index (κ2) is 9.11. The summed E-state index contributed by atoms with van der Waals surface area (Å²) in [7, 11) is 0. The molecule has 9 nitrogen and oxygen atoms in total. The zero-order chi connectivity index (χ0) is 27.2. The third-order valence-corrected chi connectivity index (χ3v) is 5.90. The highest BCUT2D eigenvalue weighted by Gasteiger charge is 2.48. The van der Waals surface area contributed by atoms with Crippen LogP contribution in [0.2, 0.25) is 0 Å². The van der Waals surface area contributed by atoms with E-state index in [1.807, 2.05) is 0 Å². The predicted octanol–water partition coefficient (Wildman–Crippen LogP) is 3.59. The van der Waals surface area contributed by atoms with Gasteiger partial charge in [0.2, 0.25) is 5.88 Å². The van der Waals surface area contributed by atoms with E-state index in [1.54, 1.807) is 30.3 Å². The van der Waals surface area contributed by atoms with E-state index in [0.29, 0.717) is 5.52 Å². The number of oxazole rings is 1. The third-order valence-electron chi connectivity index (χ3n) is 5.90. The first kappa shape index (κ1) is 25.2. The molecule has 2 aromatic carbocycles. The molecule has 4 aromatic rings. The van der Waals surface area contributed by atoms with Crippen LogP contribution in [0.5, 0.6) is 5.88 Å². The third kappa shape index (κ3) is 4.64. The van der Waals surface area contributed by atoms with Crippen LogP contribution in [-0.4, -0.2) is 57.8 Å². The molecule has 1 fully saturated rings. The summed E-state index contributed by atoms with van der Waals surface area (Å²) in [5.74, 6) is -8.41. The number of carbonyl (C=O) groups is 2. The quantitative estimate of drug-likeness (QED) is 0.367. The fourth-order valence-electron chi connectivity index (χ4n) is 4.02. The molecule has 1 atom stereocenters. The minimum absolute atomic E-state index is 0.0381. The molecule has 2 aromatic heterocycles. The molecule has 0 spiro atoms. The first-order valence-electron chi connectivity index (χ1n) is 11.1. The van der Waals surface area contributed by atoms with E-state index in [1.165, 1.54) is 18.2 Å². The number of hydrogen-bond acceptors (Lipinski definition) is 7. The lowest BCUT2D eigenvalue weighted by Crippen LogP contribution is -2.55. The van der Waals surface area contributed by atoms with Gasteiger partial charge in [0.1, 0.15) is 5.52 Å². The summed E-state index contributed by atoms with van der Waals surface area (Å²) < 4.78 is 77.6. The molecule has 198 valence electrons. The lowest BCUT2D eigenvalue weighted by atomic mass is 10.0. The van der Waals surface area contributed by atoms with Crippen LogP contribution >= 0.6 is 0 Å². The van der Waals surface area contributed by atoms with Crippen LogP contribution in [0.25, 0.3) is 22.0 Å². The number of pyridine rings is 1. The highest BCUT2D eigenvalue weighted by molar-refractivity contribution is 6.04. The maximum atomic E-state index is 14.7. The lowest BCUT2D eigenvalue weighted by Gasteiger charge is -2.37. The van der Waals surface area contributed by atoms with Gasteiger partial charge in [-0.25, -0.2) is 23.4 Å². The molecule has 0 bridgehead atoms. The van der Waals surface area contributed by atoms with Crippen molar-refractivity contribution in [3.8, 4) is 5.88 Å². The van der Waals surface area contributed by atoms with Gasteiger partial charge in [0, 0.05) is 24.4 Å². The van der Waals surface area contributed by atoms with Crippen LogP contribution in [-0.2, 0) is 4.79 Å². The number of ether oxygens (including phenoxy) is 1. The van der Waals surface area contributed by atoms with Crippen molar-refractivity contribution >= 4 is 33.9 Å². The van der Waals surface area contributed by atoms with Gasteiger partial charge in [0.15, 0.2) is 11.7 Å². The fraction of sp³-hybridized carbons (Fsp3) is 0.250. The average Bonchev–Trinajstić information content (AvgIpc) is 3.19. The number of fused-ring (bicyclic) bond motifs is 2. The van der Waals surface area contributed by atoms with Gasteiger partial charge in [0.25, 0.3) is 11.8 Å². The normalized spacial score (nSPS) is 17.5. The number of hydrogen-bond donors (Lipinski definition) is 0. The maximum absolute atomic E-state index is 14.7. The molecule has 0 aliphatic carbocycles. The second-order valence-corrected chi connectivity index (χ2v) is 8.40. The van der Waals surface area contributed by atoms with Crippen LogP contribution in [0, 0.1) is 0 Å². The highest BCUT2D eigenvalue weighted by Crippen LogP contribution is 2.33. The van der Waals surface area contributed by atoms with Crippen LogP contribution in [0.3, 0.4) is 0 Å². The minimum Gasteiger partial charge on any atom is -0.466 e. The number of piperidine rings is 1. The molecule has 0 unspecified atom stereocenters. The number of rotatable bonds is 4. The van der Waals surface area contributed by atoms with Crippen molar-refractivity contribution in [2.24, 2.45) is 0 Å². The van der Waals surface area contributed by atoms with E-state index >= 15 is 0 Å². The molecule has 5 rings (SSSR count). The van der Waals surface area contributed by atoms with Gasteiger partial charge >= 0.3 is 17.9 Å². The SMILES string of the molecule is O=C(c1cccc2c1oc(=O)n2OC(=O)C(F)(F)F)N1CCC(F)(F)[C@@H](Oc2ccc3ccccc3n2)C1. The van der Waals surface area contributed by atoms with Gasteiger partial charge in [-0.1, -0.05) is 29.0 Å². The molecule has 1 aliphatic heterocycles. The zero-order valence-corrected chi connectivity index (χ0v) is 19.1. The first-order valence-corrected chi connectivity index (χ1v) is 11.1. The van der Waals surface area contributed by atoms with Crippen molar-refractivity contribution < 1.29 is 45.5 Å². The largest absolute Gasteiger partial charge is 0.493 e. The Labute approximate surface area is 208 Å². The Morgan fingerprint density at radius 1 is 1.05 bits per heavy atom. The summed E-state index contributed by atoms with van der Waals surface area (Å²) in [5, 5.41) is 0.773. The Morgan fingerprint density at radius 3 is 2.58 bits per heavy atom. The van der Waals surface area contributed by atoms with Gasteiger partial charge < -0.3 is 18.9 Å². The minimum atomic E-state index is -5.40. The van der Waals surface area contributed by atoms with Crippen molar-refractivity contribution in [3.05, 3.63) is 70.7 Å². The van der Waals surface area contributed by atoms with E-state index in [-0.39, 0.29) is 22.7 Å². The number of halogens is 5. The molecule has 0 N–H and O–H groups in total. The Morgan fingerprint density at radius 2 is 1.82 bits per heavy atom. The molecule has 1 amide bonds. The molecular weight excluding hydrogens is 521 g/mol. The number of benzene rings is 2. The van der Waals surface area contributed by atoms with Crippen molar-refractivity contribution in [1.82, 2.24) is 14.6 Å². The Balaban J connectivity index is 1.41. The molecule has 1 saturated heterocycles. The van der Waals surface area contributed by atoms with Crippen molar-refractivity contribution in [2.45, 2.75) is 24.6 Å². The standard InChI is InChI=1S/C24H16F5N3O6/c25-23(26)10-11-31(12-17(23)36-18-9-8-13-4-1-2-6-15(13)30-18)20(33)14-5-3-7-16-19(14)37-22(35)32(16)38-21(34)24(27,28)29/h1-9,17H,10-12H2/t17-/m0/s1. The summed E-state index contributed by atoms with van der Waals surface area (Å²) in [4.78, 5) is 45.9. The number of likely N-dealkylation sites (tertiary alicyclic amines) is 1. The monoisotopic (exact) mass is 537 g/mol. The number of para-hydroxylation sites is 2. The first-order chi connectivity index (χ1) is 17.9. The van der Waals surface area contributed by atoms with Crippen molar-refractivity contribution in [1.29, 1.82) is 0 Å². The second-order valence-electron chi connectivity index (χ2n) is 8.40. The van der Waals surface area contributed by atoms with Gasteiger partial charge in [-0.3, -0.25) is 4.79 Å². The van der Waals surface area contributed by atoms with Crippen LogP contribution in [0.1, 0.15) is 16.8 Å². The summed E-state index contributed by atoms with van der Waals surface area (Å²) in [5.41, 5.74) is -0.707. The molecule has 0 saturated carbocycles. The molecule has 1 aliphatic rings.